The number of Topliss-reactive ketones (excluding diaryl/α,β-unsaturated/α-hetero) is 1. The normalized spacial score (nSPS) is 10.7. The summed E-state index contributed by atoms with van der Waals surface area (Å²) in [6.45, 7) is 3.82. The highest BCUT2D eigenvalue weighted by atomic mass is 16.3. The van der Waals surface area contributed by atoms with Crippen molar-refractivity contribution in [3.8, 4) is 11.5 Å². The Kier molecular flexibility index (Phi) is 7.13. The minimum absolute atomic E-state index is 0.0100. The Bertz CT molecular complexity index is 415. The number of hydrogen-bond donors (Lipinski definition) is 2. The number of phenols is 2. The van der Waals surface area contributed by atoms with Gasteiger partial charge in [0.1, 0.15) is 11.5 Å². The molecule has 0 saturated heterocycles. The molecular formula is C17H26O3. The van der Waals surface area contributed by atoms with Crippen molar-refractivity contribution in [3.05, 3.63) is 23.3 Å². The van der Waals surface area contributed by atoms with Gasteiger partial charge in [0.15, 0.2) is 5.78 Å². The molecular weight excluding hydrogens is 252 g/mol. The van der Waals surface area contributed by atoms with E-state index >= 15 is 0 Å². The van der Waals surface area contributed by atoms with Gasteiger partial charge in [-0.2, -0.15) is 0 Å². The average molecular weight is 278 g/mol. The van der Waals surface area contributed by atoms with Crippen molar-refractivity contribution in [3.63, 3.8) is 0 Å². The standard InChI is InChI=1S/C17H26O3/c1-3-4-5-6-7-8-9-10-15(18)14-11-16(19)13(2)17(20)12-14/h11-12,19-20H,3-10H2,1-2H3. The number of aromatic hydroxyl groups is 2. The lowest BCUT2D eigenvalue weighted by Crippen LogP contribution is -1.99. The number of phenolic OH excluding ortho intramolecular Hbond substituents is 2. The Hall–Kier alpha value is -1.51. The number of rotatable bonds is 9. The molecule has 0 radical (unpaired) electrons. The van der Waals surface area contributed by atoms with Gasteiger partial charge >= 0.3 is 0 Å². The average Bonchev–Trinajstić information content (AvgIpc) is 2.43. The van der Waals surface area contributed by atoms with Gasteiger partial charge in [-0.05, 0) is 25.5 Å². The first kappa shape index (κ1) is 16.5. The second-order valence-corrected chi connectivity index (χ2v) is 5.43. The van der Waals surface area contributed by atoms with Gasteiger partial charge in [0, 0.05) is 17.5 Å². The first-order chi connectivity index (χ1) is 9.56. The molecule has 0 bridgehead atoms. The maximum atomic E-state index is 12.0. The highest BCUT2D eigenvalue weighted by Crippen LogP contribution is 2.28. The van der Waals surface area contributed by atoms with Crippen LogP contribution in [0.5, 0.6) is 11.5 Å². The highest BCUT2D eigenvalue weighted by Gasteiger charge is 2.11. The summed E-state index contributed by atoms with van der Waals surface area (Å²) in [5.74, 6) is -0.0509. The lowest BCUT2D eigenvalue weighted by molar-refractivity contribution is 0.0978. The quantitative estimate of drug-likeness (QED) is 0.507. The van der Waals surface area contributed by atoms with Crippen LogP contribution in [0.4, 0.5) is 0 Å². The number of unbranched alkanes of at least 4 members (excludes halogenated alkanes) is 6. The molecule has 0 amide bonds. The van der Waals surface area contributed by atoms with Crippen molar-refractivity contribution < 1.29 is 15.0 Å². The van der Waals surface area contributed by atoms with Crippen molar-refractivity contribution in [1.29, 1.82) is 0 Å². The predicted molar refractivity (Wildman–Crippen MR) is 81.4 cm³/mol. The topological polar surface area (TPSA) is 57.5 Å². The summed E-state index contributed by atoms with van der Waals surface area (Å²) in [5, 5.41) is 19.2. The smallest absolute Gasteiger partial charge is 0.163 e. The number of carbonyl (C=O) groups is 1. The first-order valence-electron chi connectivity index (χ1n) is 7.62. The second-order valence-electron chi connectivity index (χ2n) is 5.43. The number of hydrogen-bond acceptors (Lipinski definition) is 3. The zero-order valence-electron chi connectivity index (χ0n) is 12.6. The third-order valence-electron chi connectivity index (χ3n) is 3.68. The number of benzene rings is 1. The summed E-state index contributed by atoms with van der Waals surface area (Å²) in [7, 11) is 0. The van der Waals surface area contributed by atoms with Crippen LogP contribution in [0.15, 0.2) is 12.1 Å². The van der Waals surface area contributed by atoms with Crippen molar-refractivity contribution in [2.45, 2.75) is 65.2 Å². The van der Waals surface area contributed by atoms with Gasteiger partial charge in [0.2, 0.25) is 0 Å². The fourth-order valence-corrected chi connectivity index (χ4v) is 2.23. The molecule has 0 unspecified atom stereocenters. The molecule has 1 aromatic carbocycles. The molecule has 0 spiro atoms. The molecule has 3 heteroatoms. The van der Waals surface area contributed by atoms with E-state index in [1.165, 1.54) is 44.2 Å². The van der Waals surface area contributed by atoms with Crippen LogP contribution in [0.3, 0.4) is 0 Å². The third kappa shape index (κ3) is 5.24. The fourth-order valence-electron chi connectivity index (χ4n) is 2.23. The van der Waals surface area contributed by atoms with Gasteiger partial charge in [0.25, 0.3) is 0 Å². The molecule has 3 nitrogen and oxygen atoms in total. The Morgan fingerprint density at radius 1 is 0.950 bits per heavy atom. The third-order valence-corrected chi connectivity index (χ3v) is 3.68. The molecule has 0 aliphatic carbocycles. The van der Waals surface area contributed by atoms with E-state index in [1.807, 2.05) is 0 Å². The maximum Gasteiger partial charge on any atom is 0.163 e. The van der Waals surface area contributed by atoms with Crippen LogP contribution >= 0.6 is 0 Å². The summed E-state index contributed by atoms with van der Waals surface area (Å²) < 4.78 is 0. The first-order valence-corrected chi connectivity index (χ1v) is 7.62. The van der Waals surface area contributed by atoms with Crippen molar-refractivity contribution in [1.82, 2.24) is 0 Å². The van der Waals surface area contributed by atoms with Crippen LogP contribution in [0, 0.1) is 6.92 Å². The van der Waals surface area contributed by atoms with Crippen LogP contribution in [0.25, 0.3) is 0 Å². The van der Waals surface area contributed by atoms with Gasteiger partial charge in [-0.1, -0.05) is 45.4 Å². The molecule has 0 aliphatic heterocycles. The molecule has 1 aromatic rings. The van der Waals surface area contributed by atoms with Crippen LogP contribution in [-0.4, -0.2) is 16.0 Å². The molecule has 20 heavy (non-hydrogen) atoms. The lowest BCUT2D eigenvalue weighted by atomic mass is 10.0. The molecule has 1 rings (SSSR count). The van der Waals surface area contributed by atoms with Gasteiger partial charge in [-0.15, -0.1) is 0 Å². The lowest BCUT2D eigenvalue weighted by Gasteiger charge is -2.06. The van der Waals surface area contributed by atoms with E-state index in [0.717, 1.165) is 12.8 Å². The SMILES string of the molecule is CCCCCCCCCC(=O)c1cc(O)c(C)c(O)c1. The second kappa shape index (κ2) is 8.62. The van der Waals surface area contributed by atoms with Crippen molar-refractivity contribution in [2.24, 2.45) is 0 Å². The van der Waals surface area contributed by atoms with E-state index in [9.17, 15) is 15.0 Å². The van der Waals surface area contributed by atoms with E-state index in [-0.39, 0.29) is 17.3 Å². The minimum Gasteiger partial charge on any atom is -0.508 e. The Balaban J connectivity index is 2.33. The number of carbonyl (C=O) groups excluding carboxylic acids is 1. The molecule has 0 atom stereocenters. The molecule has 0 saturated carbocycles. The van der Waals surface area contributed by atoms with E-state index in [2.05, 4.69) is 6.92 Å². The summed E-state index contributed by atoms with van der Waals surface area (Å²) in [5.41, 5.74) is 0.814. The predicted octanol–water partition coefficient (Wildman–Crippen LogP) is 4.73. The van der Waals surface area contributed by atoms with Gasteiger partial charge in [-0.3, -0.25) is 4.79 Å². The fraction of sp³-hybridized carbons (Fsp3) is 0.588. The minimum atomic E-state index is -0.0204. The maximum absolute atomic E-state index is 12.0. The van der Waals surface area contributed by atoms with Gasteiger partial charge < -0.3 is 10.2 Å². The summed E-state index contributed by atoms with van der Waals surface area (Å²) >= 11 is 0. The summed E-state index contributed by atoms with van der Waals surface area (Å²) in [6, 6.07) is 2.89. The van der Waals surface area contributed by atoms with Gasteiger partial charge in [0.05, 0.1) is 0 Å². The monoisotopic (exact) mass is 278 g/mol. The molecule has 112 valence electrons. The van der Waals surface area contributed by atoms with Gasteiger partial charge in [-0.25, -0.2) is 0 Å². The van der Waals surface area contributed by atoms with Crippen molar-refractivity contribution >= 4 is 5.78 Å². The largest absolute Gasteiger partial charge is 0.508 e. The molecule has 0 aliphatic rings. The number of ketones is 1. The van der Waals surface area contributed by atoms with Crippen LogP contribution < -0.4 is 0 Å². The molecule has 2 N–H and O–H groups in total. The van der Waals surface area contributed by atoms with Crippen LogP contribution in [0.2, 0.25) is 0 Å². The van der Waals surface area contributed by atoms with E-state index < -0.39 is 0 Å². The molecule has 0 heterocycles. The summed E-state index contributed by atoms with van der Waals surface area (Å²) in [4.78, 5) is 12.0. The Morgan fingerprint density at radius 2 is 1.45 bits per heavy atom. The van der Waals surface area contributed by atoms with Crippen LogP contribution in [0.1, 0.15) is 74.2 Å². The van der Waals surface area contributed by atoms with E-state index in [1.54, 1.807) is 6.92 Å². The molecule has 0 aromatic heterocycles. The molecule has 0 fully saturated rings. The highest BCUT2D eigenvalue weighted by molar-refractivity contribution is 5.97. The van der Waals surface area contributed by atoms with E-state index in [0.29, 0.717) is 17.5 Å². The van der Waals surface area contributed by atoms with Crippen molar-refractivity contribution in [2.75, 3.05) is 0 Å². The van der Waals surface area contributed by atoms with E-state index in [4.69, 9.17) is 0 Å². The zero-order chi connectivity index (χ0) is 15.0. The Labute approximate surface area is 121 Å². The summed E-state index contributed by atoms with van der Waals surface area (Å²) in [6.07, 6.45) is 8.67. The zero-order valence-corrected chi connectivity index (χ0v) is 12.6. The van der Waals surface area contributed by atoms with Crippen LogP contribution in [-0.2, 0) is 0 Å². The Morgan fingerprint density at radius 3 is 2.00 bits per heavy atom.